The fourth-order valence-electron chi connectivity index (χ4n) is 3.42. The van der Waals surface area contributed by atoms with E-state index in [1.807, 2.05) is 0 Å². The van der Waals surface area contributed by atoms with Crippen molar-refractivity contribution < 1.29 is 0 Å². The Morgan fingerprint density at radius 3 is 2.69 bits per heavy atom. The van der Waals surface area contributed by atoms with E-state index >= 15 is 0 Å². The van der Waals surface area contributed by atoms with Crippen LogP contribution in [0.4, 0.5) is 0 Å². The van der Waals surface area contributed by atoms with E-state index in [9.17, 15) is 0 Å². The Labute approximate surface area is 101 Å². The zero-order chi connectivity index (χ0) is 11.4. The van der Waals surface area contributed by atoms with Crippen molar-refractivity contribution in [2.75, 3.05) is 19.6 Å². The number of likely N-dealkylation sites (tertiary alicyclic amines) is 1. The topological polar surface area (TPSA) is 15.3 Å². The molecule has 1 saturated heterocycles. The number of nitrogens with zero attached hydrogens (tertiary/aromatic N) is 1. The Morgan fingerprint density at radius 2 is 2.06 bits per heavy atom. The molecule has 2 fully saturated rings. The smallest absolute Gasteiger partial charge is 0.0139 e. The van der Waals surface area contributed by atoms with E-state index in [0.717, 1.165) is 18.0 Å². The van der Waals surface area contributed by atoms with Crippen LogP contribution in [0.5, 0.6) is 0 Å². The minimum absolute atomic E-state index is 0.902. The van der Waals surface area contributed by atoms with Gasteiger partial charge >= 0.3 is 0 Å². The van der Waals surface area contributed by atoms with Crippen LogP contribution in [-0.4, -0.2) is 36.6 Å². The summed E-state index contributed by atoms with van der Waals surface area (Å²) in [4.78, 5) is 2.82. The van der Waals surface area contributed by atoms with Crippen molar-refractivity contribution >= 4 is 0 Å². The maximum atomic E-state index is 3.60. The molecular formula is C14H28N2. The first-order valence-corrected chi connectivity index (χ1v) is 7.33. The predicted octanol–water partition coefficient (Wildman–Crippen LogP) is 2.64. The van der Waals surface area contributed by atoms with E-state index in [1.165, 1.54) is 58.2 Å². The monoisotopic (exact) mass is 224 g/mol. The molecule has 2 heteroatoms. The summed E-state index contributed by atoms with van der Waals surface area (Å²) in [5.41, 5.74) is 0. The molecular weight excluding hydrogens is 196 g/mol. The summed E-state index contributed by atoms with van der Waals surface area (Å²) >= 11 is 0. The van der Waals surface area contributed by atoms with Gasteiger partial charge in [-0.1, -0.05) is 13.8 Å². The van der Waals surface area contributed by atoms with Crippen LogP contribution in [-0.2, 0) is 0 Å². The highest BCUT2D eigenvalue weighted by Gasteiger charge is 2.39. The maximum Gasteiger partial charge on any atom is 0.0139 e. The molecule has 1 N–H and O–H groups in total. The van der Waals surface area contributed by atoms with Gasteiger partial charge in [-0.15, -0.1) is 0 Å². The fourth-order valence-corrected chi connectivity index (χ4v) is 3.42. The molecule has 1 heterocycles. The molecule has 0 aromatic carbocycles. The molecule has 1 aliphatic heterocycles. The first kappa shape index (κ1) is 12.4. The van der Waals surface area contributed by atoms with Crippen LogP contribution in [0.3, 0.4) is 0 Å². The summed E-state index contributed by atoms with van der Waals surface area (Å²) < 4.78 is 0. The molecule has 2 rings (SSSR count). The van der Waals surface area contributed by atoms with Crippen LogP contribution < -0.4 is 5.32 Å². The van der Waals surface area contributed by atoms with Crippen molar-refractivity contribution in [3.05, 3.63) is 0 Å². The second-order valence-electron chi connectivity index (χ2n) is 5.55. The van der Waals surface area contributed by atoms with Gasteiger partial charge in [-0.2, -0.15) is 0 Å². The molecule has 3 unspecified atom stereocenters. The van der Waals surface area contributed by atoms with Crippen LogP contribution in [0.25, 0.3) is 0 Å². The number of hydrogen-bond acceptors (Lipinski definition) is 2. The lowest BCUT2D eigenvalue weighted by atomic mass is 9.78. The molecule has 1 saturated carbocycles. The Kier molecular flexibility index (Phi) is 4.66. The van der Waals surface area contributed by atoms with Crippen molar-refractivity contribution in [3.8, 4) is 0 Å². The third-order valence-corrected chi connectivity index (χ3v) is 4.53. The number of rotatable bonds is 6. The molecule has 0 bridgehead atoms. The van der Waals surface area contributed by atoms with Gasteiger partial charge in [-0.05, 0) is 64.1 Å². The molecule has 3 atom stereocenters. The van der Waals surface area contributed by atoms with E-state index in [0.29, 0.717) is 0 Å². The first-order valence-electron chi connectivity index (χ1n) is 7.33. The lowest BCUT2D eigenvalue weighted by molar-refractivity contribution is 0.0506. The summed E-state index contributed by atoms with van der Waals surface area (Å²) in [5, 5.41) is 3.60. The highest BCUT2D eigenvalue weighted by molar-refractivity contribution is 4.94. The van der Waals surface area contributed by atoms with Gasteiger partial charge < -0.3 is 5.32 Å². The molecule has 16 heavy (non-hydrogen) atoms. The fraction of sp³-hybridized carbons (Fsp3) is 1.00. The van der Waals surface area contributed by atoms with Gasteiger partial charge in [0.1, 0.15) is 0 Å². The van der Waals surface area contributed by atoms with E-state index in [-0.39, 0.29) is 0 Å². The third-order valence-electron chi connectivity index (χ3n) is 4.53. The third kappa shape index (κ3) is 2.60. The highest BCUT2D eigenvalue weighted by Crippen LogP contribution is 2.36. The Hall–Kier alpha value is -0.0800. The summed E-state index contributed by atoms with van der Waals surface area (Å²) in [5.74, 6) is 0.943. The molecule has 0 aromatic heterocycles. The van der Waals surface area contributed by atoms with E-state index < -0.39 is 0 Å². The Bertz CT molecular complexity index is 205. The van der Waals surface area contributed by atoms with Crippen LogP contribution >= 0.6 is 0 Å². The van der Waals surface area contributed by atoms with Crippen molar-refractivity contribution in [2.45, 2.75) is 64.5 Å². The molecule has 0 spiro atoms. The molecule has 0 amide bonds. The minimum Gasteiger partial charge on any atom is -0.316 e. The maximum absolute atomic E-state index is 3.60. The molecule has 0 radical (unpaired) electrons. The van der Waals surface area contributed by atoms with Crippen LogP contribution in [0, 0.1) is 5.92 Å². The first-order chi connectivity index (χ1) is 7.86. The second kappa shape index (κ2) is 6.02. The molecule has 0 aromatic rings. The van der Waals surface area contributed by atoms with E-state index in [1.54, 1.807) is 0 Å². The molecule has 94 valence electrons. The Morgan fingerprint density at radius 1 is 1.19 bits per heavy atom. The quantitative estimate of drug-likeness (QED) is 0.698. The van der Waals surface area contributed by atoms with Gasteiger partial charge in [0.05, 0.1) is 0 Å². The lowest BCUT2D eigenvalue weighted by Crippen LogP contribution is -2.52. The largest absolute Gasteiger partial charge is 0.316 e. The summed E-state index contributed by atoms with van der Waals surface area (Å²) in [6.07, 6.45) is 8.40. The predicted molar refractivity (Wildman–Crippen MR) is 69.7 cm³/mol. The highest BCUT2D eigenvalue weighted by atomic mass is 15.2. The van der Waals surface area contributed by atoms with Gasteiger partial charge in [-0.3, -0.25) is 4.90 Å². The van der Waals surface area contributed by atoms with Crippen molar-refractivity contribution in [1.29, 1.82) is 0 Å². The zero-order valence-electron chi connectivity index (χ0n) is 11.0. The lowest BCUT2D eigenvalue weighted by Gasteiger charge is -2.45. The van der Waals surface area contributed by atoms with Crippen LogP contribution in [0.1, 0.15) is 52.4 Å². The van der Waals surface area contributed by atoms with Gasteiger partial charge in [0.2, 0.25) is 0 Å². The zero-order valence-corrected chi connectivity index (χ0v) is 11.0. The number of hydrogen-bond donors (Lipinski definition) is 1. The van der Waals surface area contributed by atoms with Crippen molar-refractivity contribution in [1.82, 2.24) is 10.2 Å². The summed E-state index contributed by atoms with van der Waals surface area (Å²) in [7, 11) is 0. The minimum atomic E-state index is 0.902. The van der Waals surface area contributed by atoms with Crippen molar-refractivity contribution in [3.63, 3.8) is 0 Å². The van der Waals surface area contributed by atoms with Crippen LogP contribution in [0.2, 0.25) is 0 Å². The summed E-state index contributed by atoms with van der Waals surface area (Å²) in [6.45, 7) is 8.42. The molecule has 2 aliphatic rings. The van der Waals surface area contributed by atoms with Gasteiger partial charge in [0.15, 0.2) is 0 Å². The van der Waals surface area contributed by atoms with E-state index in [2.05, 4.69) is 24.1 Å². The average molecular weight is 224 g/mol. The molecule has 2 nitrogen and oxygen atoms in total. The number of nitrogens with one attached hydrogen (secondary N) is 1. The normalized spacial score (nSPS) is 35.2. The van der Waals surface area contributed by atoms with Gasteiger partial charge in [0.25, 0.3) is 0 Å². The molecule has 1 aliphatic carbocycles. The van der Waals surface area contributed by atoms with Gasteiger partial charge in [0, 0.05) is 12.1 Å². The van der Waals surface area contributed by atoms with Crippen LogP contribution in [0.15, 0.2) is 0 Å². The second-order valence-corrected chi connectivity index (χ2v) is 5.55. The van der Waals surface area contributed by atoms with E-state index in [4.69, 9.17) is 0 Å². The van der Waals surface area contributed by atoms with Gasteiger partial charge in [-0.25, -0.2) is 0 Å². The standard InChI is InChI=1S/C14H28N2/c1-3-9-15-11-12-7-8-14(12)16-10-5-6-13(16)4-2/h12-15H,3-11H2,1-2H3. The summed E-state index contributed by atoms with van der Waals surface area (Å²) in [6, 6.07) is 1.82. The SMILES string of the molecule is CCCNCC1CCC1N1CCCC1CC. The Balaban J connectivity index is 1.76. The van der Waals surface area contributed by atoms with Crippen molar-refractivity contribution in [2.24, 2.45) is 5.92 Å². The average Bonchev–Trinajstić information content (AvgIpc) is 2.70.